The second-order valence-corrected chi connectivity index (χ2v) is 5.67. The molecular weight excluding hydrogens is 288 g/mol. The Morgan fingerprint density at radius 1 is 1.28 bits per heavy atom. The van der Waals surface area contributed by atoms with Crippen LogP contribution in [-0.2, 0) is 12.8 Å². The van der Waals surface area contributed by atoms with Gasteiger partial charge in [0.05, 0.1) is 0 Å². The summed E-state index contributed by atoms with van der Waals surface area (Å²) in [5, 5.41) is 3.62. The summed E-state index contributed by atoms with van der Waals surface area (Å²) in [5.74, 6) is 0. The summed E-state index contributed by atoms with van der Waals surface area (Å²) in [7, 11) is 0. The number of aryl methyl sites for hydroxylation is 1. The number of hydrogen-bond acceptors (Lipinski definition) is 2. The minimum Gasteiger partial charge on any atom is -0.382 e. The first kappa shape index (κ1) is 11.7. The molecule has 1 aliphatic heterocycles. The van der Waals surface area contributed by atoms with Crippen molar-refractivity contribution in [2.45, 2.75) is 25.3 Å². The van der Waals surface area contributed by atoms with Crippen molar-refractivity contribution in [3.05, 3.63) is 58.3 Å². The summed E-state index contributed by atoms with van der Waals surface area (Å²) in [6.07, 6.45) is 7.15. The molecule has 0 bridgehead atoms. The molecule has 3 rings (SSSR count). The molecule has 1 atom stereocenters. The minimum atomic E-state index is 0.510. The number of hydrogen-bond donors (Lipinski definition) is 1. The molecule has 1 unspecified atom stereocenters. The van der Waals surface area contributed by atoms with E-state index in [4.69, 9.17) is 0 Å². The van der Waals surface area contributed by atoms with Crippen molar-refractivity contribution in [3.63, 3.8) is 0 Å². The van der Waals surface area contributed by atoms with E-state index in [0.29, 0.717) is 6.04 Å². The standard InChI is InChI=1S/C15H15BrN2/c16-13-7-11(9-17-10-13)8-14-6-5-12-3-1-2-4-15(12)18-14/h1-4,7,9-10,14,18H,5-6,8H2. The van der Waals surface area contributed by atoms with Crippen LogP contribution in [0.5, 0.6) is 0 Å². The maximum atomic E-state index is 4.22. The van der Waals surface area contributed by atoms with Crippen molar-refractivity contribution in [1.82, 2.24) is 4.98 Å². The Labute approximate surface area is 116 Å². The van der Waals surface area contributed by atoms with Crippen LogP contribution >= 0.6 is 15.9 Å². The molecule has 0 aliphatic carbocycles. The Morgan fingerprint density at radius 3 is 3.06 bits per heavy atom. The lowest BCUT2D eigenvalue weighted by Crippen LogP contribution is -2.27. The van der Waals surface area contributed by atoms with Gasteiger partial charge in [0.25, 0.3) is 0 Å². The molecule has 0 fully saturated rings. The molecule has 18 heavy (non-hydrogen) atoms. The van der Waals surface area contributed by atoms with Crippen LogP contribution in [0.2, 0.25) is 0 Å². The van der Waals surface area contributed by atoms with Gasteiger partial charge in [-0.25, -0.2) is 0 Å². The highest BCUT2D eigenvalue weighted by Gasteiger charge is 2.17. The van der Waals surface area contributed by atoms with Crippen LogP contribution in [0.1, 0.15) is 17.5 Å². The van der Waals surface area contributed by atoms with Gasteiger partial charge in [0.1, 0.15) is 0 Å². The molecule has 0 saturated heterocycles. The molecule has 0 amide bonds. The van der Waals surface area contributed by atoms with Crippen molar-refractivity contribution in [2.24, 2.45) is 0 Å². The van der Waals surface area contributed by atoms with E-state index in [-0.39, 0.29) is 0 Å². The first-order chi connectivity index (χ1) is 8.81. The Morgan fingerprint density at radius 2 is 2.17 bits per heavy atom. The third-order valence-electron chi connectivity index (χ3n) is 3.38. The lowest BCUT2D eigenvalue weighted by atomic mass is 9.94. The molecule has 92 valence electrons. The average molecular weight is 303 g/mol. The van der Waals surface area contributed by atoms with Crippen molar-refractivity contribution >= 4 is 21.6 Å². The highest BCUT2D eigenvalue weighted by Crippen LogP contribution is 2.26. The molecule has 1 aromatic carbocycles. The van der Waals surface area contributed by atoms with E-state index in [1.807, 2.05) is 12.4 Å². The summed E-state index contributed by atoms with van der Waals surface area (Å²) >= 11 is 3.47. The fraction of sp³-hybridized carbons (Fsp3) is 0.267. The number of anilines is 1. The molecule has 0 saturated carbocycles. The fourth-order valence-corrected chi connectivity index (χ4v) is 2.92. The molecule has 1 aliphatic rings. The Balaban J connectivity index is 1.73. The normalized spacial score (nSPS) is 17.9. The predicted octanol–water partition coefficient (Wildman–Crippen LogP) is 3.81. The molecule has 0 spiro atoms. The lowest BCUT2D eigenvalue weighted by Gasteiger charge is -2.27. The van der Waals surface area contributed by atoms with E-state index >= 15 is 0 Å². The van der Waals surface area contributed by atoms with Crippen molar-refractivity contribution in [3.8, 4) is 0 Å². The maximum absolute atomic E-state index is 4.22. The van der Waals surface area contributed by atoms with Crippen LogP contribution in [0, 0.1) is 0 Å². The number of fused-ring (bicyclic) bond motifs is 1. The smallest absolute Gasteiger partial charge is 0.0410 e. The molecule has 1 aromatic heterocycles. The number of halogens is 1. The first-order valence-electron chi connectivity index (χ1n) is 6.25. The molecule has 2 heterocycles. The van der Waals surface area contributed by atoms with E-state index < -0.39 is 0 Å². The van der Waals surface area contributed by atoms with E-state index in [0.717, 1.165) is 17.3 Å². The van der Waals surface area contributed by atoms with Gasteiger partial charge in [-0.15, -0.1) is 0 Å². The quantitative estimate of drug-likeness (QED) is 0.912. The van der Waals surface area contributed by atoms with Crippen molar-refractivity contribution < 1.29 is 0 Å². The third-order valence-corrected chi connectivity index (χ3v) is 3.82. The van der Waals surface area contributed by atoms with Crippen LogP contribution < -0.4 is 5.32 Å². The lowest BCUT2D eigenvalue weighted by molar-refractivity contribution is 0.627. The van der Waals surface area contributed by atoms with Crippen LogP contribution in [0.4, 0.5) is 5.69 Å². The number of nitrogens with zero attached hydrogens (tertiary/aromatic N) is 1. The first-order valence-corrected chi connectivity index (χ1v) is 7.04. The third kappa shape index (κ3) is 2.56. The topological polar surface area (TPSA) is 24.9 Å². The second kappa shape index (κ2) is 5.11. The number of nitrogens with one attached hydrogen (secondary N) is 1. The number of pyridine rings is 1. The molecule has 3 heteroatoms. The van der Waals surface area contributed by atoms with Crippen LogP contribution in [0.3, 0.4) is 0 Å². The van der Waals surface area contributed by atoms with Crippen LogP contribution in [0.15, 0.2) is 47.2 Å². The minimum absolute atomic E-state index is 0.510. The number of para-hydroxylation sites is 1. The zero-order valence-electron chi connectivity index (χ0n) is 10.1. The number of benzene rings is 1. The predicted molar refractivity (Wildman–Crippen MR) is 77.8 cm³/mol. The van der Waals surface area contributed by atoms with Gasteiger partial charge in [-0.05, 0) is 58.5 Å². The Kier molecular flexibility index (Phi) is 3.33. The van der Waals surface area contributed by atoms with E-state index in [1.54, 1.807) is 0 Å². The number of aromatic nitrogens is 1. The highest BCUT2D eigenvalue weighted by atomic mass is 79.9. The SMILES string of the molecule is Brc1cncc(CC2CCc3ccccc3N2)c1. The molecular formula is C15H15BrN2. The van der Waals surface area contributed by atoms with Gasteiger partial charge >= 0.3 is 0 Å². The van der Waals surface area contributed by atoms with Gasteiger partial charge in [-0.1, -0.05) is 18.2 Å². The zero-order chi connectivity index (χ0) is 12.4. The van der Waals surface area contributed by atoms with Crippen molar-refractivity contribution in [2.75, 3.05) is 5.32 Å². The molecule has 0 radical (unpaired) electrons. The number of rotatable bonds is 2. The average Bonchev–Trinajstić information content (AvgIpc) is 2.39. The van der Waals surface area contributed by atoms with E-state index in [9.17, 15) is 0 Å². The molecule has 1 N–H and O–H groups in total. The van der Waals surface area contributed by atoms with E-state index in [2.05, 4.69) is 56.6 Å². The summed E-state index contributed by atoms with van der Waals surface area (Å²) < 4.78 is 1.05. The monoisotopic (exact) mass is 302 g/mol. The van der Waals surface area contributed by atoms with Gasteiger partial charge in [0, 0.05) is 28.6 Å². The largest absolute Gasteiger partial charge is 0.382 e. The highest BCUT2D eigenvalue weighted by molar-refractivity contribution is 9.10. The fourth-order valence-electron chi connectivity index (χ4n) is 2.51. The van der Waals surface area contributed by atoms with Crippen LogP contribution in [-0.4, -0.2) is 11.0 Å². The van der Waals surface area contributed by atoms with Gasteiger partial charge in [0.2, 0.25) is 0 Å². The summed E-state index contributed by atoms with van der Waals surface area (Å²) in [6, 6.07) is 11.2. The van der Waals surface area contributed by atoms with E-state index in [1.165, 1.54) is 23.2 Å². The van der Waals surface area contributed by atoms with Gasteiger partial charge in [-0.3, -0.25) is 4.98 Å². The van der Waals surface area contributed by atoms with Crippen LogP contribution in [0.25, 0.3) is 0 Å². The van der Waals surface area contributed by atoms with Gasteiger partial charge < -0.3 is 5.32 Å². The zero-order valence-corrected chi connectivity index (χ0v) is 11.7. The molecule has 2 nitrogen and oxygen atoms in total. The Bertz CT molecular complexity index is 554. The summed E-state index contributed by atoms with van der Waals surface area (Å²) in [5.41, 5.74) is 4.00. The second-order valence-electron chi connectivity index (χ2n) is 4.75. The molecule has 2 aromatic rings. The van der Waals surface area contributed by atoms with Gasteiger partial charge in [0.15, 0.2) is 0 Å². The summed E-state index contributed by atoms with van der Waals surface area (Å²) in [6.45, 7) is 0. The van der Waals surface area contributed by atoms with Crippen molar-refractivity contribution in [1.29, 1.82) is 0 Å². The maximum Gasteiger partial charge on any atom is 0.0410 e. The van der Waals surface area contributed by atoms with Gasteiger partial charge in [-0.2, -0.15) is 0 Å². The summed E-state index contributed by atoms with van der Waals surface area (Å²) in [4.78, 5) is 4.22. The Hall–Kier alpha value is -1.35.